The van der Waals surface area contributed by atoms with Gasteiger partial charge in [-0.2, -0.15) is 0 Å². The van der Waals surface area contributed by atoms with Gasteiger partial charge in [-0.05, 0) is 40.5 Å². The van der Waals surface area contributed by atoms with Crippen LogP contribution >= 0.6 is 27.5 Å². The molecule has 0 spiro atoms. The number of benzene rings is 1. The number of nitrogens with two attached hydrogens (primary N) is 1. The molecule has 0 aliphatic heterocycles. The maximum Gasteiger partial charge on any atom is 0.150 e. The Morgan fingerprint density at radius 2 is 2.12 bits per heavy atom. The standard InChI is InChI=1S/C12H9BrClFN2/c1-6-4-7(5-17-12(6)16)8-2-3-9(13)10(14)11(8)15/h2-5H,1H3,(H2,16,17). The summed E-state index contributed by atoms with van der Waals surface area (Å²) < 4.78 is 14.5. The van der Waals surface area contributed by atoms with E-state index in [9.17, 15) is 4.39 Å². The molecule has 0 aliphatic rings. The van der Waals surface area contributed by atoms with E-state index < -0.39 is 5.82 Å². The highest BCUT2D eigenvalue weighted by Gasteiger charge is 2.12. The molecule has 0 bridgehead atoms. The molecule has 17 heavy (non-hydrogen) atoms. The second kappa shape index (κ2) is 4.63. The van der Waals surface area contributed by atoms with Gasteiger partial charge >= 0.3 is 0 Å². The van der Waals surface area contributed by atoms with E-state index in [0.717, 1.165) is 5.56 Å². The molecule has 1 aromatic heterocycles. The lowest BCUT2D eigenvalue weighted by molar-refractivity contribution is 0.631. The highest BCUT2D eigenvalue weighted by molar-refractivity contribution is 9.10. The van der Waals surface area contributed by atoms with Gasteiger partial charge < -0.3 is 5.73 Å². The summed E-state index contributed by atoms with van der Waals surface area (Å²) in [5.74, 6) is -0.0237. The number of hydrogen-bond donors (Lipinski definition) is 1. The summed E-state index contributed by atoms with van der Waals surface area (Å²) >= 11 is 9.01. The smallest absolute Gasteiger partial charge is 0.150 e. The van der Waals surface area contributed by atoms with Gasteiger partial charge in [0.05, 0.1) is 5.02 Å². The van der Waals surface area contributed by atoms with Crippen molar-refractivity contribution in [2.24, 2.45) is 0 Å². The largest absolute Gasteiger partial charge is 0.383 e. The van der Waals surface area contributed by atoms with Crippen molar-refractivity contribution in [3.8, 4) is 11.1 Å². The molecule has 0 atom stereocenters. The molecule has 0 unspecified atom stereocenters. The Labute approximate surface area is 112 Å². The van der Waals surface area contributed by atoms with Gasteiger partial charge in [-0.15, -0.1) is 0 Å². The first-order chi connectivity index (χ1) is 8.00. The zero-order valence-electron chi connectivity index (χ0n) is 8.97. The van der Waals surface area contributed by atoms with E-state index in [2.05, 4.69) is 20.9 Å². The maximum atomic E-state index is 14.0. The Bertz CT molecular complexity index is 587. The molecule has 1 aromatic carbocycles. The van der Waals surface area contributed by atoms with E-state index in [-0.39, 0.29) is 5.02 Å². The summed E-state index contributed by atoms with van der Waals surface area (Å²) in [6.07, 6.45) is 1.53. The molecule has 2 rings (SSSR count). The van der Waals surface area contributed by atoms with Crippen LogP contribution in [-0.2, 0) is 0 Å². The van der Waals surface area contributed by atoms with Crippen molar-refractivity contribution in [3.63, 3.8) is 0 Å². The van der Waals surface area contributed by atoms with Gasteiger partial charge in [-0.25, -0.2) is 9.37 Å². The molecule has 2 N–H and O–H groups in total. The Hall–Kier alpha value is -1.13. The third-order valence-corrected chi connectivity index (χ3v) is 3.72. The van der Waals surface area contributed by atoms with E-state index in [1.807, 2.05) is 6.92 Å². The van der Waals surface area contributed by atoms with E-state index >= 15 is 0 Å². The Balaban J connectivity index is 2.61. The highest BCUT2D eigenvalue weighted by atomic mass is 79.9. The van der Waals surface area contributed by atoms with Gasteiger partial charge in [-0.1, -0.05) is 17.7 Å². The molecule has 1 heterocycles. The molecular weight excluding hydrogens is 307 g/mol. The summed E-state index contributed by atoms with van der Waals surface area (Å²) in [4.78, 5) is 4.00. The van der Waals surface area contributed by atoms with Gasteiger partial charge in [0.1, 0.15) is 5.82 Å². The fourth-order valence-electron chi connectivity index (χ4n) is 1.48. The second-order valence-electron chi connectivity index (χ2n) is 3.65. The van der Waals surface area contributed by atoms with Crippen LogP contribution in [0.3, 0.4) is 0 Å². The topological polar surface area (TPSA) is 38.9 Å². The third kappa shape index (κ3) is 2.28. The van der Waals surface area contributed by atoms with Crippen LogP contribution in [0, 0.1) is 12.7 Å². The minimum atomic E-state index is -0.466. The first-order valence-electron chi connectivity index (χ1n) is 4.86. The number of aromatic nitrogens is 1. The summed E-state index contributed by atoms with van der Waals surface area (Å²) in [5, 5.41) is 0.0666. The van der Waals surface area contributed by atoms with E-state index in [1.54, 1.807) is 18.2 Å². The third-order valence-electron chi connectivity index (χ3n) is 2.46. The molecule has 0 saturated carbocycles. The number of aryl methyl sites for hydroxylation is 1. The second-order valence-corrected chi connectivity index (χ2v) is 4.88. The summed E-state index contributed by atoms with van der Waals surface area (Å²) in [5.41, 5.74) is 7.49. The first-order valence-corrected chi connectivity index (χ1v) is 6.04. The van der Waals surface area contributed by atoms with Crippen molar-refractivity contribution in [2.45, 2.75) is 6.92 Å². The predicted octanol–water partition coefficient (Wildman–Crippen LogP) is 4.19. The normalized spacial score (nSPS) is 10.6. The number of hydrogen-bond acceptors (Lipinski definition) is 2. The van der Waals surface area contributed by atoms with Crippen molar-refractivity contribution in [1.29, 1.82) is 0 Å². The van der Waals surface area contributed by atoms with Crippen molar-refractivity contribution in [2.75, 3.05) is 5.73 Å². The van der Waals surface area contributed by atoms with Crippen LogP contribution < -0.4 is 5.73 Å². The number of anilines is 1. The number of nitrogen functional groups attached to an aromatic ring is 1. The number of rotatable bonds is 1. The zero-order chi connectivity index (χ0) is 12.6. The fourth-order valence-corrected chi connectivity index (χ4v) is 1.95. The number of pyridine rings is 1. The highest BCUT2D eigenvalue weighted by Crippen LogP contribution is 2.33. The van der Waals surface area contributed by atoms with Gasteiger partial charge in [0, 0.05) is 21.8 Å². The van der Waals surface area contributed by atoms with Gasteiger partial charge in [-0.3, -0.25) is 0 Å². The van der Waals surface area contributed by atoms with E-state index in [1.165, 1.54) is 6.20 Å². The molecule has 0 fully saturated rings. The predicted molar refractivity (Wildman–Crippen MR) is 71.5 cm³/mol. The summed E-state index contributed by atoms with van der Waals surface area (Å²) in [6.45, 7) is 1.82. The molecule has 0 radical (unpaired) electrons. The molecule has 0 amide bonds. The average Bonchev–Trinajstić information content (AvgIpc) is 2.30. The van der Waals surface area contributed by atoms with Gasteiger partial charge in [0.15, 0.2) is 5.82 Å². The molecular formula is C12H9BrClFN2. The molecule has 0 aliphatic carbocycles. The van der Waals surface area contributed by atoms with Crippen LogP contribution in [0.2, 0.25) is 5.02 Å². The summed E-state index contributed by atoms with van der Waals surface area (Å²) in [6, 6.07) is 5.13. The van der Waals surface area contributed by atoms with Gasteiger partial charge in [0.2, 0.25) is 0 Å². The van der Waals surface area contributed by atoms with Gasteiger partial charge in [0.25, 0.3) is 0 Å². The monoisotopic (exact) mass is 314 g/mol. The lowest BCUT2D eigenvalue weighted by Crippen LogP contribution is -1.95. The summed E-state index contributed by atoms with van der Waals surface area (Å²) in [7, 11) is 0. The molecule has 88 valence electrons. The Morgan fingerprint density at radius 3 is 2.76 bits per heavy atom. The lowest BCUT2D eigenvalue weighted by Gasteiger charge is -2.07. The van der Waals surface area contributed by atoms with Crippen LogP contribution in [0.15, 0.2) is 28.9 Å². The van der Waals surface area contributed by atoms with Crippen LogP contribution in [-0.4, -0.2) is 4.98 Å². The molecule has 5 heteroatoms. The molecule has 2 aromatic rings. The van der Waals surface area contributed by atoms with Crippen LogP contribution in [0.25, 0.3) is 11.1 Å². The van der Waals surface area contributed by atoms with Crippen molar-refractivity contribution in [3.05, 3.63) is 45.3 Å². The minimum Gasteiger partial charge on any atom is -0.383 e. The van der Waals surface area contributed by atoms with Crippen molar-refractivity contribution in [1.82, 2.24) is 4.98 Å². The van der Waals surface area contributed by atoms with Crippen molar-refractivity contribution < 1.29 is 4.39 Å². The average molecular weight is 316 g/mol. The van der Waals surface area contributed by atoms with Crippen LogP contribution in [0.4, 0.5) is 10.2 Å². The molecule has 0 saturated heterocycles. The van der Waals surface area contributed by atoms with Crippen molar-refractivity contribution >= 4 is 33.3 Å². The quantitative estimate of drug-likeness (QED) is 0.801. The Kier molecular flexibility index (Phi) is 3.35. The Morgan fingerprint density at radius 1 is 1.41 bits per heavy atom. The molecule has 2 nitrogen and oxygen atoms in total. The van der Waals surface area contributed by atoms with Crippen LogP contribution in [0.1, 0.15) is 5.56 Å². The van der Waals surface area contributed by atoms with Crippen LogP contribution in [0.5, 0.6) is 0 Å². The maximum absolute atomic E-state index is 14.0. The number of halogens is 3. The van der Waals surface area contributed by atoms with E-state index in [4.69, 9.17) is 17.3 Å². The minimum absolute atomic E-state index is 0.0666. The fraction of sp³-hybridized carbons (Fsp3) is 0.0833. The lowest BCUT2D eigenvalue weighted by atomic mass is 10.1. The number of nitrogens with zero attached hydrogens (tertiary/aromatic N) is 1. The first kappa shape index (κ1) is 12.3. The van der Waals surface area contributed by atoms with E-state index in [0.29, 0.717) is 21.4 Å². The zero-order valence-corrected chi connectivity index (χ0v) is 11.3. The SMILES string of the molecule is Cc1cc(-c2ccc(Br)c(Cl)c2F)cnc1N.